The van der Waals surface area contributed by atoms with Crippen LogP contribution < -0.4 is 10.2 Å². The average molecular weight is 431 g/mol. The molecule has 1 aliphatic heterocycles. The number of aryl methyl sites for hydroxylation is 1. The van der Waals surface area contributed by atoms with Crippen LogP contribution in [0.3, 0.4) is 0 Å². The minimum absolute atomic E-state index is 0.104. The molecule has 2 heterocycles. The summed E-state index contributed by atoms with van der Waals surface area (Å²) in [6, 6.07) is 14.7. The first-order valence-corrected chi connectivity index (χ1v) is 10.5. The Morgan fingerprint density at radius 2 is 1.94 bits per heavy atom. The number of H-pyrrole nitrogens is 1. The maximum absolute atomic E-state index is 13.4. The van der Waals surface area contributed by atoms with Gasteiger partial charge in [-0.05, 0) is 43.7 Å². The van der Waals surface area contributed by atoms with Crippen LogP contribution in [0.25, 0.3) is 11.3 Å². The molecule has 0 saturated carbocycles. The fraction of sp³-hybridized carbons (Fsp3) is 0.250. The summed E-state index contributed by atoms with van der Waals surface area (Å²) >= 11 is 0. The molecule has 8 heteroatoms. The monoisotopic (exact) mass is 431 g/mol. The van der Waals surface area contributed by atoms with E-state index in [2.05, 4.69) is 20.4 Å². The number of carbonyl (C=O) groups is 2. The number of nitrogens with one attached hydrogen (secondary N) is 2. The Bertz CT molecular complexity index is 1180. The quantitative estimate of drug-likeness (QED) is 0.472. The second-order valence-electron chi connectivity index (χ2n) is 7.48. The molecule has 0 bridgehead atoms. The van der Waals surface area contributed by atoms with Gasteiger partial charge in [-0.25, -0.2) is 4.98 Å². The largest absolute Gasteiger partial charge is 0.399 e. The van der Waals surface area contributed by atoms with Gasteiger partial charge >= 0.3 is 0 Å². The molecule has 1 aliphatic rings. The van der Waals surface area contributed by atoms with E-state index >= 15 is 0 Å². The fourth-order valence-corrected chi connectivity index (χ4v) is 3.84. The Labute approximate surface area is 186 Å². The number of aromatic nitrogens is 2. The maximum atomic E-state index is 13.4. The van der Waals surface area contributed by atoms with Gasteiger partial charge in [0.2, 0.25) is 0 Å². The van der Waals surface area contributed by atoms with Crippen LogP contribution in [0, 0.1) is 6.92 Å². The van der Waals surface area contributed by atoms with E-state index in [1.54, 1.807) is 29.2 Å². The van der Waals surface area contributed by atoms with Crippen molar-refractivity contribution in [3.05, 3.63) is 65.6 Å². The van der Waals surface area contributed by atoms with Crippen molar-refractivity contribution in [2.24, 2.45) is 5.16 Å². The summed E-state index contributed by atoms with van der Waals surface area (Å²) in [4.78, 5) is 40.1. The van der Waals surface area contributed by atoms with Crippen molar-refractivity contribution in [2.45, 2.75) is 26.7 Å². The van der Waals surface area contributed by atoms with E-state index in [1.807, 2.05) is 38.1 Å². The fourth-order valence-electron chi connectivity index (χ4n) is 3.84. The molecule has 164 valence electrons. The van der Waals surface area contributed by atoms with Gasteiger partial charge in [0.25, 0.3) is 11.8 Å². The minimum Gasteiger partial charge on any atom is -0.399 e. The highest BCUT2D eigenvalue weighted by Crippen LogP contribution is 2.35. The van der Waals surface area contributed by atoms with Crippen LogP contribution in [0.15, 0.2) is 53.7 Å². The van der Waals surface area contributed by atoms with Crippen LogP contribution in [-0.4, -0.2) is 41.1 Å². The molecule has 0 aliphatic carbocycles. The molecule has 2 N–H and O–H groups in total. The molecule has 0 unspecified atom stereocenters. The standard InChI is InChI=1S/C24H25N5O3/c1-4-19(28-32-3)23(30)27-17-11-9-16(10-12-17)24(31)29-14-13-20-22(26-15(2)25-20)18-7-5-6-8-21(18)29/h5-12H,4,13-14H2,1-3H3,(H,25,26)(H,27,30). The zero-order valence-corrected chi connectivity index (χ0v) is 18.3. The Morgan fingerprint density at radius 1 is 1.19 bits per heavy atom. The number of fused-ring (bicyclic) bond motifs is 3. The molecule has 0 saturated heterocycles. The van der Waals surface area contributed by atoms with Crippen molar-refractivity contribution < 1.29 is 14.4 Å². The molecule has 2 amide bonds. The molecule has 0 fully saturated rings. The summed E-state index contributed by atoms with van der Waals surface area (Å²) < 4.78 is 0. The van der Waals surface area contributed by atoms with E-state index in [1.165, 1.54) is 7.11 Å². The molecular formula is C24H25N5O3. The van der Waals surface area contributed by atoms with Crippen molar-refractivity contribution in [3.63, 3.8) is 0 Å². The first-order valence-electron chi connectivity index (χ1n) is 10.5. The first kappa shape index (κ1) is 21.3. The van der Waals surface area contributed by atoms with E-state index in [0.29, 0.717) is 36.3 Å². The number of oxime groups is 1. The van der Waals surface area contributed by atoms with Gasteiger partial charge in [-0.3, -0.25) is 9.59 Å². The average Bonchev–Trinajstić information content (AvgIpc) is 3.11. The molecule has 0 radical (unpaired) electrons. The van der Waals surface area contributed by atoms with Crippen molar-refractivity contribution in [1.82, 2.24) is 9.97 Å². The van der Waals surface area contributed by atoms with Gasteiger partial charge in [-0.1, -0.05) is 30.3 Å². The van der Waals surface area contributed by atoms with Gasteiger partial charge in [0.05, 0.1) is 11.4 Å². The number of hydrogen-bond acceptors (Lipinski definition) is 5. The van der Waals surface area contributed by atoms with Crippen LogP contribution in [0.4, 0.5) is 11.4 Å². The molecule has 0 spiro atoms. The van der Waals surface area contributed by atoms with Crippen LogP contribution in [0.2, 0.25) is 0 Å². The highest BCUT2D eigenvalue weighted by Gasteiger charge is 2.26. The summed E-state index contributed by atoms with van der Waals surface area (Å²) in [7, 11) is 1.40. The van der Waals surface area contributed by atoms with Gasteiger partial charge in [0.1, 0.15) is 18.6 Å². The molecule has 4 rings (SSSR count). The lowest BCUT2D eigenvalue weighted by atomic mass is 10.1. The van der Waals surface area contributed by atoms with Gasteiger partial charge in [-0.2, -0.15) is 0 Å². The SMILES string of the molecule is CCC(=NOC)C(=O)Nc1ccc(C(=O)N2CCc3[nH]c(C)nc3-c3ccccc32)cc1. The topological polar surface area (TPSA) is 99.7 Å². The van der Waals surface area contributed by atoms with Gasteiger partial charge in [-0.15, -0.1) is 0 Å². The van der Waals surface area contributed by atoms with Crippen LogP contribution in [0.1, 0.15) is 35.2 Å². The summed E-state index contributed by atoms with van der Waals surface area (Å²) in [5.74, 6) is 0.426. The Kier molecular flexibility index (Phi) is 6.02. The van der Waals surface area contributed by atoms with Crippen LogP contribution >= 0.6 is 0 Å². The normalized spacial score (nSPS) is 13.1. The molecule has 8 nitrogen and oxygen atoms in total. The minimum atomic E-state index is -0.334. The molecule has 2 aromatic carbocycles. The zero-order valence-electron chi connectivity index (χ0n) is 18.3. The molecular weight excluding hydrogens is 406 g/mol. The van der Waals surface area contributed by atoms with E-state index < -0.39 is 0 Å². The molecule has 3 aromatic rings. The predicted octanol–water partition coefficient (Wildman–Crippen LogP) is 3.94. The number of benzene rings is 2. The summed E-state index contributed by atoms with van der Waals surface area (Å²) in [6.45, 7) is 4.30. The van der Waals surface area contributed by atoms with E-state index in [-0.39, 0.29) is 11.8 Å². The van der Waals surface area contributed by atoms with Gasteiger partial charge < -0.3 is 20.0 Å². The molecule has 1 aromatic heterocycles. The Hall–Kier alpha value is -3.94. The number of hydrogen-bond donors (Lipinski definition) is 2. The van der Waals surface area contributed by atoms with Gasteiger partial charge in [0.15, 0.2) is 0 Å². The summed E-state index contributed by atoms with van der Waals surface area (Å²) in [5.41, 5.74) is 5.11. The number of carbonyl (C=O) groups excluding carboxylic acids is 2. The van der Waals surface area contributed by atoms with Gasteiger partial charge in [0, 0.05) is 35.5 Å². The number of amides is 2. The Morgan fingerprint density at radius 3 is 2.66 bits per heavy atom. The second-order valence-corrected chi connectivity index (χ2v) is 7.48. The molecule has 32 heavy (non-hydrogen) atoms. The third-order valence-electron chi connectivity index (χ3n) is 5.37. The van der Waals surface area contributed by atoms with Crippen molar-refractivity contribution in [3.8, 4) is 11.3 Å². The number of rotatable bonds is 5. The van der Waals surface area contributed by atoms with E-state index in [4.69, 9.17) is 4.84 Å². The second kappa shape index (κ2) is 9.05. The lowest BCUT2D eigenvalue weighted by molar-refractivity contribution is -0.110. The number of imidazole rings is 1. The number of aromatic amines is 1. The van der Waals surface area contributed by atoms with Crippen LogP contribution in [-0.2, 0) is 16.1 Å². The summed E-state index contributed by atoms with van der Waals surface area (Å²) in [5, 5.41) is 6.51. The van der Waals surface area contributed by atoms with Crippen LogP contribution in [0.5, 0.6) is 0 Å². The number of para-hydroxylation sites is 1. The number of anilines is 2. The smallest absolute Gasteiger partial charge is 0.273 e. The number of nitrogens with zero attached hydrogens (tertiary/aromatic N) is 3. The maximum Gasteiger partial charge on any atom is 0.273 e. The van der Waals surface area contributed by atoms with Crippen molar-refractivity contribution in [2.75, 3.05) is 23.9 Å². The lowest BCUT2D eigenvalue weighted by Crippen LogP contribution is -2.32. The highest BCUT2D eigenvalue weighted by molar-refractivity contribution is 6.42. The lowest BCUT2D eigenvalue weighted by Gasteiger charge is -2.23. The molecule has 0 atom stereocenters. The first-order chi connectivity index (χ1) is 15.5. The zero-order chi connectivity index (χ0) is 22.7. The van der Waals surface area contributed by atoms with E-state index in [9.17, 15) is 9.59 Å². The van der Waals surface area contributed by atoms with Crippen molar-refractivity contribution >= 4 is 28.9 Å². The Balaban J connectivity index is 1.57. The third kappa shape index (κ3) is 4.12. The highest BCUT2D eigenvalue weighted by atomic mass is 16.6. The van der Waals surface area contributed by atoms with E-state index in [0.717, 1.165) is 28.5 Å². The third-order valence-corrected chi connectivity index (χ3v) is 5.37. The predicted molar refractivity (Wildman–Crippen MR) is 124 cm³/mol. The van der Waals surface area contributed by atoms with Crippen molar-refractivity contribution in [1.29, 1.82) is 0 Å². The summed E-state index contributed by atoms with van der Waals surface area (Å²) in [6.07, 6.45) is 1.13.